The van der Waals surface area contributed by atoms with Crippen LogP contribution in [0.15, 0.2) is 164 Å². The van der Waals surface area contributed by atoms with E-state index < -0.39 is 0 Å². The Morgan fingerprint density at radius 1 is 0.404 bits per heavy atom. The van der Waals surface area contributed by atoms with Crippen molar-refractivity contribution in [2.75, 3.05) is 4.90 Å². The van der Waals surface area contributed by atoms with Gasteiger partial charge in [-0.05, 0) is 98.8 Å². The van der Waals surface area contributed by atoms with E-state index in [0.717, 1.165) is 11.4 Å². The molecule has 0 saturated carbocycles. The Balaban J connectivity index is 1.14. The number of hydrogen-bond donors (Lipinski definition) is 0. The average Bonchev–Trinajstić information content (AvgIpc) is 3.82. The second-order valence-electron chi connectivity index (χ2n) is 14.5. The van der Waals surface area contributed by atoms with Gasteiger partial charge in [0.2, 0.25) is 0 Å². The Hall–Kier alpha value is -5.74. The number of thiophene rings is 2. The smallest absolute Gasteiger partial charge is 0.0476 e. The molecule has 0 amide bonds. The maximum atomic E-state index is 2.47. The number of benzene rings is 8. The second-order valence-corrected chi connectivity index (χ2v) is 16.7. The predicted octanol–water partition coefficient (Wildman–Crippen LogP) is 15.0. The highest BCUT2D eigenvalue weighted by molar-refractivity contribution is 7.26. The van der Waals surface area contributed by atoms with E-state index in [-0.39, 0.29) is 5.41 Å². The highest BCUT2D eigenvalue weighted by Gasteiger charge is 2.35. The third kappa shape index (κ3) is 4.33. The lowest BCUT2D eigenvalue weighted by Gasteiger charge is -2.28. The van der Waals surface area contributed by atoms with E-state index in [9.17, 15) is 0 Å². The van der Waals surface area contributed by atoms with Crippen LogP contribution in [0.4, 0.5) is 17.1 Å². The van der Waals surface area contributed by atoms with Gasteiger partial charge >= 0.3 is 0 Å². The first kappa shape index (κ1) is 29.9. The fraction of sp³-hybridized carbons (Fsp3) is 0.0612. The van der Waals surface area contributed by atoms with Crippen molar-refractivity contribution in [3.63, 3.8) is 0 Å². The van der Waals surface area contributed by atoms with E-state index in [2.05, 4.69) is 183 Å². The maximum Gasteiger partial charge on any atom is 0.0476 e. The molecule has 0 N–H and O–H groups in total. The Morgan fingerprint density at radius 3 is 1.96 bits per heavy atom. The molecule has 0 radical (unpaired) electrons. The minimum Gasteiger partial charge on any atom is -0.310 e. The second kappa shape index (κ2) is 11.1. The van der Waals surface area contributed by atoms with Crippen LogP contribution in [0.2, 0.25) is 0 Å². The molecule has 0 spiro atoms. The first-order valence-corrected chi connectivity index (χ1v) is 19.6. The number of anilines is 3. The van der Waals surface area contributed by atoms with Crippen molar-refractivity contribution in [2.45, 2.75) is 19.3 Å². The van der Waals surface area contributed by atoms with Gasteiger partial charge in [0.25, 0.3) is 0 Å². The van der Waals surface area contributed by atoms with Gasteiger partial charge < -0.3 is 4.90 Å². The van der Waals surface area contributed by atoms with E-state index in [1.54, 1.807) is 0 Å². The van der Waals surface area contributed by atoms with E-state index >= 15 is 0 Å². The van der Waals surface area contributed by atoms with Crippen LogP contribution in [0.25, 0.3) is 73.4 Å². The van der Waals surface area contributed by atoms with Gasteiger partial charge in [-0.1, -0.05) is 123 Å². The molecular formula is C49H33NS2. The van der Waals surface area contributed by atoms with Crippen LogP contribution in [0, 0.1) is 0 Å². The summed E-state index contributed by atoms with van der Waals surface area (Å²) in [6.45, 7) is 4.73. The highest BCUT2D eigenvalue weighted by Crippen LogP contribution is 2.51. The summed E-state index contributed by atoms with van der Waals surface area (Å²) in [6, 6.07) is 61.1. The zero-order chi connectivity index (χ0) is 34.6. The first-order valence-electron chi connectivity index (χ1n) is 17.9. The van der Waals surface area contributed by atoms with E-state index in [0.29, 0.717) is 0 Å². The fourth-order valence-electron chi connectivity index (χ4n) is 8.78. The molecule has 0 unspecified atom stereocenters. The first-order chi connectivity index (χ1) is 25.5. The molecule has 0 saturated heterocycles. The van der Waals surface area contributed by atoms with Gasteiger partial charge in [-0.3, -0.25) is 0 Å². The molecule has 0 atom stereocenters. The van der Waals surface area contributed by atoms with Crippen LogP contribution in [0.5, 0.6) is 0 Å². The monoisotopic (exact) mass is 699 g/mol. The summed E-state index contributed by atoms with van der Waals surface area (Å²) in [5.74, 6) is 0. The van der Waals surface area contributed by atoms with Gasteiger partial charge in [0, 0.05) is 62.8 Å². The summed E-state index contributed by atoms with van der Waals surface area (Å²) in [5, 5.41) is 7.91. The molecule has 2 aromatic heterocycles. The van der Waals surface area contributed by atoms with Crippen molar-refractivity contribution in [1.29, 1.82) is 0 Å². The minimum absolute atomic E-state index is 0.0947. The Bertz CT molecular complexity index is 3070. The zero-order valence-corrected chi connectivity index (χ0v) is 30.5. The topological polar surface area (TPSA) is 3.24 Å². The van der Waals surface area contributed by atoms with Crippen LogP contribution in [0.3, 0.4) is 0 Å². The molecule has 11 rings (SSSR count). The summed E-state index contributed by atoms with van der Waals surface area (Å²) in [7, 11) is 0. The largest absolute Gasteiger partial charge is 0.310 e. The van der Waals surface area contributed by atoms with Crippen LogP contribution in [-0.2, 0) is 5.41 Å². The third-order valence-corrected chi connectivity index (χ3v) is 13.5. The van der Waals surface area contributed by atoms with Crippen molar-refractivity contribution < 1.29 is 0 Å². The summed E-state index contributed by atoms with van der Waals surface area (Å²) in [4.78, 5) is 2.47. The number of nitrogens with zero attached hydrogens (tertiary/aromatic N) is 1. The van der Waals surface area contributed by atoms with Gasteiger partial charge in [-0.15, -0.1) is 22.7 Å². The molecule has 1 aliphatic carbocycles. The lowest BCUT2D eigenvalue weighted by molar-refractivity contribution is 0.660. The molecule has 52 heavy (non-hydrogen) atoms. The molecule has 0 aliphatic heterocycles. The van der Waals surface area contributed by atoms with Gasteiger partial charge in [0.15, 0.2) is 0 Å². The van der Waals surface area contributed by atoms with Crippen molar-refractivity contribution >= 4 is 90.9 Å². The molecule has 1 nitrogen and oxygen atoms in total. The van der Waals surface area contributed by atoms with Crippen LogP contribution in [-0.4, -0.2) is 0 Å². The Kier molecular flexibility index (Phi) is 6.41. The number of rotatable bonds is 4. The third-order valence-electron chi connectivity index (χ3n) is 11.2. The lowest BCUT2D eigenvalue weighted by atomic mass is 9.82. The van der Waals surface area contributed by atoms with Gasteiger partial charge in [-0.2, -0.15) is 0 Å². The molecule has 0 bridgehead atoms. The SMILES string of the molecule is CC1(C)c2ccccc2-c2ccc(N(c3cccc(-c4cccc5ccc6sc7ccccc7c6c45)c3)c3ccc4c(c3)sc3ccccc34)cc21. The molecule has 2 heterocycles. The minimum atomic E-state index is -0.0947. The summed E-state index contributed by atoms with van der Waals surface area (Å²) >= 11 is 3.76. The van der Waals surface area contributed by atoms with Gasteiger partial charge in [-0.25, -0.2) is 0 Å². The number of fused-ring (bicyclic) bond motifs is 11. The molecule has 0 fully saturated rings. The normalized spacial score (nSPS) is 13.3. The summed E-state index contributed by atoms with van der Waals surface area (Å²) < 4.78 is 5.29. The van der Waals surface area contributed by atoms with Crippen molar-refractivity contribution in [3.8, 4) is 22.3 Å². The van der Waals surface area contributed by atoms with Crippen LogP contribution in [0.1, 0.15) is 25.0 Å². The number of hydrogen-bond acceptors (Lipinski definition) is 3. The standard InChI is InChI=1S/C49H33NS2/c1-49(2)41-18-6-3-14-36(41)37-24-22-33(28-42(37)49)50(34-23-25-39-38-15-4-7-19-43(38)52-46(39)29-34)32-13-9-12-31(27-32)35-17-10-11-30-21-26-45-48(47(30)35)40-16-5-8-20-44(40)51-45/h3-29H,1-2H3. The van der Waals surface area contributed by atoms with Crippen LogP contribution < -0.4 is 4.90 Å². The van der Waals surface area contributed by atoms with Crippen molar-refractivity contribution in [1.82, 2.24) is 0 Å². The molecule has 8 aromatic carbocycles. The zero-order valence-electron chi connectivity index (χ0n) is 28.9. The molecule has 246 valence electrons. The van der Waals surface area contributed by atoms with Crippen LogP contribution >= 0.6 is 22.7 Å². The van der Waals surface area contributed by atoms with Crippen molar-refractivity contribution in [3.05, 3.63) is 175 Å². The molecule has 1 aliphatic rings. The lowest BCUT2D eigenvalue weighted by Crippen LogP contribution is -2.16. The van der Waals surface area contributed by atoms with E-state index in [4.69, 9.17) is 0 Å². The molecule has 10 aromatic rings. The Morgan fingerprint density at radius 2 is 1.06 bits per heavy atom. The fourth-order valence-corrected chi connectivity index (χ4v) is 11.0. The van der Waals surface area contributed by atoms with Gasteiger partial charge in [0.05, 0.1) is 0 Å². The highest BCUT2D eigenvalue weighted by atomic mass is 32.1. The molecule has 3 heteroatoms. The average molecular weight is 700 g/mol. The molecular weight excluding hydrogens is 667 g/mol. The quantitative estimate of drug-likeness (QED) is 0.177. The van der Waals surface area contributed by atoms with Gasteiger partial charge in [0.1, 0.15) is 0 Å². The summed E-state index contributed by atoms with van der Waals surface area (Å²) in [5.41, 5.74) is 11.3. The van der Waals surface area contributed by atoms with Crippen molar-refractivity contribution in [2.24, 2.45) is 0 Å². The maximum absolute atomic E-state index is 2.47. The van der Waals surface area contributed by atoms with E-state index in [1.165, 1.54) is 90.2 Å². The summed E-state index contributed by atoms with van der Waals surface area (Å²) in [6.07, 6.45) is 0. The Labute approximate surface area is 310 Å². The predicted molar refractivity (Wildman–Crippen MR) is 227 cm³/mol. The van der Waals surface area contributed by atoms with E-state index in [1.807, 2.05) is 22.7 Å².